The quantitative estimate of drug-likeness (QED) is 0.492. The summed E-state index contributed by atoms with van der Waals surface area (Å²) in [6, 6.07) is 7.31. The molecule has 1 amide bonds. The van der Waals surface area contributed by atoms with Crippen molar-refractivity contribution >= 4 is 39.8 Å². The second kappa shape index (κ2) is 6.46. The largest absolute Gasteiger partial charge is 0.312 e. The van der Waals surface area contributed by atoms with Gasteiger partial charge in [-0.1, -0.05) is 0 Å². The van der Waals surface area contributed by atoms with Crippen molar-refractivity contribution in [3.8, 4) is 0 Å². The topological polar surface area (TPSA) is 54.7 Å². The van der Waals surface area contributed by atoms with Crippen LogP contribution in [0.1, 0.15) is 53.3 Å². The number of amides is 1. The van der Waals surface area contributed by atoms with Crippen LogP contribution in [-0.2, 0) is 4.79 Å². The van der Waals surface area contributed by atoms with E-state index in [0.29, 0.717) is 17.9 Å². The molecular formula is C21H19N3O2S. The molecule has 1 aliphatic carbocycles. The monoisotopic (exact) mass is 377 g/mol. The van der Waals surface area contributed by atoms with Gasteiger partial charge in [-0.2, -0.15) is 0 Å². The number of imidazole rings is 1. The number of allylic oxidation sites excluding steroid dienone is 1. The fraction of sp³-hybridized carbons (Fsp3) is 0.286. The molecule has 0 radical (unpaired) electrons. The Morgan fingerprint density at radius 2 is 2.04 bits per heavy atom. The molecule has 0 atom stereocenters. The van der Waals surface area contributed by atoms with E-state index in [9.17, 15) is 9.59 Å². The van der Waals surface area contributed by atoms with Crippen LogP contribution in [0, 0.1) is 0 Å². The Bertz CT molecular complexity index is 1060. The molecule has 1 saturated heterocycles. The van der Waals surface area contributed by atoms with Crippen molar-refractivity contribution in [3.05, 3.63) is 58.9 Å². The van der Waals surface area contributed by atoms with E-state index in [1.807, 2.05) is 29.8 Å². The highest BCUT2D eigenvalue weighted by Gasteiger charge is 2.29. The summed E-state index contributed by atoms with van der Waals surface area (Å²) in [6.45, 7) is 0.758. The lowest BCUT2D eigenvalue weighted by atomic mass is 10.1. The van der Waals surface area contributed by atoms with Gasteiger partial charge in [0.2, 0.25) is 5.91 Å². The lowest BCUT2D eigenvalue weighted by Crippen LogP contribution is -2.23. The number of aromatic nitrogens is 2. The average Bonchev–Trinajstić information content (AvgIpc) is 3.10. The number of hydrogen-bond donors (Lipinski definition) is 0. The van der Waals surface area contributed by atoms with Gasteiger partial charge in [-0.3, -0.25) is 14.0 Å². The Balaban J connectivity index is 1.38. The standard InChI is InChI=1S/C21H19N3O2S/c25-18(14-5-7-16(8-6-14)23-11-1-2-19(23)26)10-9-17-20(15-3-4-15)22-21-24(17)12-13-27-21/h5-10,12-13,15H,1-4,11H2/b10-9+. The van der Waals surface area contributed by atoms with E-state index >= 15 is 0 Å². The molecule has 1 saturated carbocycles. The summed E-state index contributed by atoms with van der Waals surface area (Å²) in [5.74, 6) is 0.646. The minimum Gasteiger partial charge on any atom is -0.312 e. The second-order valence-electron chi connectivity index (χ2n) is 7.11. The van der Waals surface area contributed by atoms with Crippen molar-refractivity contribution in [1.82, 2.24) is 9.38 Å². The molecule has 5 rings (SSSR count). The van der Waals surface area contributed by atoms with Gasteiger partial charge in [-0.25, -0.2) is 4.98 Å². The van der Waals surface area contributed by atoms with Gasteiger partial charge >= 0.3 is 0 Å². The Labute approximate surface area is 160 Å². The second-order valence-corrected chi connectivity index (χ2v) is 7.98. The molecule has 136 valence electrons. The minimum atomic E-state index is -0.0405. The molecule has 0 bridgehead atoms. The first-order valence-corrected chi connectivity index (χ1v) is 10.2. The molecule has 2 aromatic heterocycles. The molecule has 5 nitrogen and oxygen atoms in total. The summed E-state index contributed by atoms with van der Waals surface area (Å²) >= 11 is 1.61. The van der Waals surface area contributed by atoms with Crippen molar-refractivity contribution in [3.63, 3.8) is 0 Å². The summed E-state index contributed by atoms with van der Waals surface area (Å²) in [5, 5.41) is 2.01. The zero-order chi connectivity index (χ0) is 18.4. The minimum absolute atomic E-state index is 0.0405. The molecule has 2 aliphatic rings. The number of nitrogens with zero attached hydrogens (tertiary/aromatic N) is 3. The van der Waals surface area contributed by atoms with Crippen molar-refractivity contribution in [1.29, 1.82) is 0 Å². The molecule has 0 N–H and O–H groups in total. The zero-order valence-corrected chi connectivity index (χ0v) is 15.6. The van der Waals surface area contributed by atoms with Crippen LogP contribution in [0.5, 0.6) is 0 Å². The third kappa shape index (κ3) is 3.00. The number of carbonyl (C=O) groups excluding carboxylic acids is 2. The number of carbonyl (C=O) groups is 2. The first-order valence-electron chi connectivity index (χ1n) is 9.29. The van der Waals surface area contributed by atoms with Crippen molar-refractivity contribution in [2.24, 2.45) is 0 Å². The number of ketones is 1. The highest BCUT2D eigenvalue weighted by molar-refractivity contribution is 7.15. The summed E-state index contributed by atoms with van der Waals surface area (Å²) < 4.78 is 2.06. The molecule has 1 aromatic carbocycles. The number of rotatable bonds is 5. The normalized spacial score (nSPS) is 17.5. The van der Waals surface area contributed by atoms with Crippen LogP contribution < -0.4 is 4.90 Å². The number of fused-ring (bicyclic) bond motifs is 1. The first kappa shape index (κ1) is 16.4. The molecule has 0 unspecified atom stereocenters. The lowest BCUT2D eigenvalue weighted by molar-refractivity contribution is -0.117. The van der Waals surface area contributed by atoms with Gasteiger partial charge in [0, 0.05) is 41.7 Å². The smallest absolute Gasteiger partial charge is 0.227 e. The fourth-order valence-electron chi connectivity index (χ4n) is 3.62. The average molecular weight is 377 g/mol. The number of hydrogen-bond acceptors (Lipinski definition) is 4. The van der Waals surface area contributed by atoms with Gasteiger partial charge < -0.3 is 4.90 Å². The molecule has 3 aromatic rings. The maximum absolute atomic E-state index is 12.6. The van der Waals surface area contributed by atoms with Crippen LogP contribution in [0.4, 0.5) is 5.69 Å². The van der Waals surface area contributed by atoms with E-state index in [-0.39, 0.29) is 11.7 Å². The summed E-state index contributed by atoms with van der Waals surface area (Å²) in [6.07, 6.45) is 9.38. The van der Waals surface area contributed by atoms with Crippen LogP contribution in [0.25, 0.3) is 11.0 Å². The fourth-order valence-corrected chi connectivity index (χ4v) is 4.35. The predicted molar refractivity (Wildman–Crippen MR) is 106 cm³/mol. The molecular weight excluding hydrogens is 358 g/mol. The van der Waals surface area contributed by atoms with E-state index < -0.39 is 0 Å². The van der Waals surface area contributed by atoms with E-state index in [1.165, 1.54) is 12.8 Å². The van der Waals surface area contributed by atoms with Crippen LogP contribution in [0.15, 0.2) is 41.9 Å². The van der Waals surface area contributed by atoms with Crippen molar-refractivity contribution in [2.45, 2.75) is 31.6 Å². The third-order valence-electron chi connectivity index (χ3n) is 5.22. The van der Waals surface area contributed by atoms with E-state index in [4.69, 9.17) is 4.98 Å². The Hall–Kier alpha value is -2.73. The van der Waals surface area contributed by atoms with Crippen LogP contribution in [-0.4, -0.2) is 27.6 Å². The van der Waals surface area contributed by atoms with Gasteiger partial charge in [-0.05, 0) is 55.7 Å². The van der Waals surface area contributed by atoms with Gasteiger partial charge in [-0.15, -0.1) is 11.3 Å². The van der Waals surface area contributed by atoms with Gasteiger partial charge in [0.25, 0.3) is 0 Å². The Morgan fingerprint density at radius 3 is 2.74 bits per heavy atom. The molecule has 3 heterocycles. The summed E-state index contributed by atoms with van der Waals surface area (Å²) in [4.78, 5) is 31.9. The van der Waals surface area contributed by atoms with E-state index in [1.54, 1.807) is 34.4 Å². The first-order chi connectivity index (χ1) is 13.2. The highest BCUT2D eigenvalue weighted by Crippen LogP contribution is 2.42. The van der Waals surface area contributed by atoms with Gasteiger partial charge in [0.05, 0.1) is 11.4 Å². The van der Waals surface area contributed by atoms with Crippen LogP contribution in [0.2, 0.25) is 0 Å². The number of thiazole rings is 1. The predicted octanol–water partition coefficient (Wildman–Crippen LogP) is 4.30. The molecule has 27 heavy (non-hydrogen) atoms. The third-order valence-corrected chi connectivity index (χ3v) is 5.98. The number of anilines is 1. The Kier molecular flexibility index (Phi) is 3.93. The van der Waals surface area contributed by atoms with Crippen LogP contribution in [0.3, 0.4) is 0 Å². The van der Waals surface area contributed by atoms with E-state index in [2.05, 4.69) is 4.40 Å². The zero-order valence-electron chi connectivity index (χ0n) is 14.8. The Morgan fingerprint density at radius 1 is 1.22 bits per heavy atom. The summed E-state index contributed by atoms with van der Waals surface area (Å²) in [5.41, 5.74) is 3.61. The van der Waals surface area contributed by atoms with Gasteiger partial charge in [0.15, 0.2) is 10.7 Å². The van der Waals surface area contributed by atoms with Crippen molar-refractivity contribution < 1.29 is 9.59 Å². The lowest BCUT2D eigenvalue weighted by Gasteiger charge is -2.15. The van der Waals surface area contributed by atoms with Gasteiger partial charge in [0.1, 0.15) is 0 Å². The highest BCUT2D eigenvalue weighted by atomic mass is 32.1. The maximum Gasteiger partial charge on any atom is 0.227 e. The molecule has 1 aliphatic heterocycles. The summed E-state index contributed by atoms with van der Waals surface area (Å²) in [7, 11) is 0. The molecule has 0 spiro atoms. The van der Waals surface area contributed by atoms with Crippen molar-refractivity contribution in [2.75, 3.05) is 11.4 Å². The van der Waals surface area contributed by atoms with E-state index in [0.717, 1.165) is 35.0 Å². The SMILES string of the molecule is O=C(/C=C/c1c(C2CC2)nc2sccn12)c1ccc(N2CCCC2=O)cc1. The maximum atomic E-state index is 12.6. The molecule has 6 heteroatoms. The number of benzene rings is 1. The van der Waals surface area contributed by atoms with Crippen LogP contribution >= 0.6 is 11.3 Å². The molecule has 2 fully saturated rings.